The van der Waals surface area contributed by atoms with Gasteiger partial charge < -0.3 is 35.7 Å². The zero-order valence-corrected chi connectivity index (χ0v) is 14.4. The predicted molar refractivity (Wildman–Crippen MR) is 96.5 cm³/mol. The van der Waals surface area contributed by atoms with Crippen molar-refractivity contribution in [3.63, 3.8) is 0 Å². The first-order valence-corrected chi connectivity index (χ1v) is 8.12. The SMILES string of the molecule is O/C=C(/C=C/C(CC=C(CO)CO)c1cc(CO)c(O)c(CO)c1)CO. The predicted octanol–water partition coefficient (Wildman–Crippen LogP) is 0.752. The third-order valence-corrected chi connectivity index (χ3v) is 4.02. The van der Waals surface area contributed by atoms with Crippen LogP contribution in [0.4, 0.5) is 0 Å². The molecule has 26 heavy (non-hydrogen) atoms. The first kappa shape index (κ1) is 21.9. The van der Waals surface area contributed by atoms with E-state index in [1.54, 1.807) is 24.3 Å². The third-order valence-electron chi connectivity index (χ3n) is 4.02. The van der Waals surface area contributed by atoms with Gasteiger partial charge in [0.1, 0.15) is 5.75 Å². The van der Waals surface area contributed by atoms with Gasteiger partial charge in [-0.2, -0.15) is 0 Å². The monoisotopic (exact) mass is 366 g/mol. The minimum Gasteiger partial charge on any atom is -0.515 e. The molecule has 0 amide bonds. The summed E-state index contributed by atoms with van der Waals surface area (Å²) >= 11 is 0. The molecule has 7 heteroatoms. The highest BCUT2D eigenvalue weighted by molar-refractivity contribution is 5.45. The number of aliphatic hydroxyl groups excluding tert-OH is 6. The Morgan fingerprint density at radius 2 is 1.50 bits per heavy atom. The molecule has 1 atom stereocenters. The molecule has 0 bridgehead atoms. The number of aliphatic hydroxyl groups is 6. The van der Waals surface area contributed by atoms with E-state index >= 15 is 0 Å². The van der Waals surface area contributed by atoms with E-state index in [1.807, 2.05) is 0 Å². The molecular formula is C19H26O7. The van der Waals surface area contributed by atoms with Gasteiger partial charge in [-0.1, -0.05) is 18.2 Å². The number of hydrogen-bond acceptors (Lipinski definition) is 7. The molecule has 7 nitrogen and oxygen atoms in total. The fraction of sp³-hybridized carbons (Fsp3) is 0.368. The normalized spacial score (nSPS) is 13.2. The minimum atomic E-state index is -0.407. The Kier molecular flexibility index (Phi) is 9.64. The summed E-state index contributed by atoms with van der Waals surface area (Å²) in [5.41, 5.74) is 1.92. The number of rotatable bonds is 10. The molecule has 0 aliphatic carbocycles. The standard InChI is InChI=1S/C19H26O7/c20-7-13(8-21)1-3-15(4-2-14(9-22)10-23)16-5-17(11-24)19(26)18(6-16)12-25/h1-3,5-7,15,20-26H,4,8-12H2/b3-1+,13-7-. The lowest BCUT2D eigenvalue weighted by molar-refractivity contribution is 0.263. The van der Waals surface area contributed by atoms with Gasteiger partial charge in [-0.05, 0) is 29.7 Å². The molecule has 0 heterocycles. The molecule has 0 aliphatic rings. The molecule has 0 spiro atoms. The minimum absolute atomic E-state index is 0.172. The molecule has 0 saturated heterocycles. The lowest BCUT2D eigenvalue weighted by Crippen LogP contribution is -2.02. The second kappa shape index (κ2) is 11.5. The highest BCUT2D eigenvalue weighted by Crippen LogP contribution is 2.31. The van der Waals surface area contributed by atoms with Crippen molar-refractivity contribution in [2.24, 2.45) is 0 Å². The van der Waals surface area contributed by atoms with Gasteiger partial charge in [-0.25, -0.2) is 0 Å². The fourth-order valence-electron chi connectivity index (χ4n) is 2.42. The average Bonchev–Trinajstić information content (AvgIpc) is 2.68. The summed E-state index contributed by atoms with van der Waals surface area (Å²) in [6.07, 6.45) is 6.05. The quantitative estimate of drug-likeness (QED) is 0.184. The second-order valence-corrected chi connectivity index (χ2v) is 5.75. The van der Waals surface area contributed by atoms with E-state index in [0.29, 0.717) is 17.6 Å². The molecule has 0 radical (unpaired) electrons. The molecule has 1 aromatic rings. The van der Waals surface area contributed by atoms with Crippen molar-refractivity contribution in [2.45, 2.75) is 25.6 Å². The van der Waals surface area contributed by atoms with Gasteiger partial charge in [0.15, 0.2) is 0 Å². The fourth-order valence-corrected chi connectivity index (χ4v) is 2.42. The van der Waals surface area contributed by atoms with E-state index < -0.39 is 13.2 Å². The van der Waals surface area contributed by atoms with Gasteiger partial charge >= 0.3 is 0 Å². The van der Waals surface area contributed by atoms with Crippen LogP contribution >= 0.6 is 0 Å². The summed E-state index contributed by atoms with van der Waals surface area (Å²) in [5.74, 6) is -0.490. The lowest BCUT2D eigenvalue weighted by Gasteiger charge is -2.16. The molecule has 0 aliphatic heterocycles. The van der Waals surface area contributed by atoms with Crippen molar-refractivity contribution >= 4 is 0 Å². The van der Waals surface area contributed by atoms with Crippen molar-refractivity contribution in [1.82, 2.24) is 0 Å². The van der Waals surface area contributed by atoms with Crippen molar-refractivity contribution in [3.8, 4) is 5.75 Å². The summed E-state index contributed by atoms with van der Waals surface area (Å²) in [4.78, 5) is 0. The Hall–Kier alpha value is -2.16. The Balaban J connectivity index is 3.32. The molecule has 144 valence electrons. The number of phenols is 1. The maximum absolute atomic E-state index is 9.99. The van der Waals surface area contributed by atoms with E-state index in [4.69, 9.17) is 10.2 Å². The third kappa shape index (κ3) is 5.98. The summed E-state index contributed by atoms with van der Waals surface area (Å²) < 4.78 is 0. The molecule has 0 fully saturated rings. The van der Waals surface area contributed by atoms with Gasteiger partial charge in [-0.15, -0.1) is 0 Å². The summed E-state index contributed by atoms with van der Waals surface area (Å²) in [6, 6.07) is 3.19. The van der Waals surface area contributed by atoms with Crippen LogP contribution in [-0.4, -0.2) is 55.6 Å². The van der Waals surface area contributed by atoms with E-state index in [0.717, 1.165) is 6.26 Å². The van der Waals surface area contributed by atoms with E-state index in [-0.39, 0.29) is 48.2 Å². The molecule has 7 N–H and O–H groups in total. The maximum atomic E-state index is 9.99. The van der Waals surface area contributed by atoms with Crippen LogP contribution < -0.4 is 0 Å². The van der Waals surface area contributed by atoms with Crippen molar-refractivity contribution in [3.05, 3.63) is 64.5 Å². The molecular weight excluding hydrogens is 340 g/mol. The van der Waals surface area contributed by atoms with Crippen molar-refractivity contribution in [2.75, 3.05) is 19.8 Å². The van der Waals surface area contributed by atoms with E-state index in [2.05, 4.69) is 0 Å². The van der Waals surface area contributed by atoms with Crippen molar-refractivity contribution < 1.29 is 35.7 Å². The van der Waals surface area contributed by atoms with E-state index in [1.165, 1.54) is 6.08 Å². The maximum Gasteiger partial charge on any atom is 0.126 e. The molecule has 0 aromatic heterocycles. The van der Waals surface area contributed by atoms with Gasteiger partial charge in [0.2, 0.25) is 0 Å². The molecule has 1 aromatic carbocycles. The molecule has 0 saturated carbocycles. The first-order valence-electron chi connectivity index (χ1n) is 8.12. The number of aromatic hydroxyl groups is 1. The van der Waals surface area contributed by atoms with Crippen LogP contribution in [0.1, 0.15) is 29.0 Å². The summed E-state index contributed by atoms with van der Waals surface area (Å²) in [6.45, 7) is -1.74. The summed E-state index contributed by atoms with van der Waals surface area (Å²) in [7, 11) is 0. The van der Waals surface area contributed by atoms with Crippen LogP contribution in [0, 0.1) is 0 Å². The largest absolute Gasteiger partial charge is 0.515 e. The number of hydrogen-bond donors (Lipinski definition) is 7. The van der Waals surface area contributed by atoms with Crippen LogP contribution in [0.25, 0.3) is 0 Å². The smallest absolute Gasteiger partial charge is 0.126 e. The first-order chi connectivity index (χ1) is 12.5. The Bertz CT molecular complexity index is 631. The Labute approximate surface area is 152 Å². The van der Waals surface area contributed by atoms with Gasteiger partial charge in [-0.3, -0.25) is 0 Å². The van der Waals surface area contributed by atoms with Gasteiger partial charge in [0, 0.05) is 22.6 Å². The Morgan fingerprint density at radius 3 is 1.92 bits per heavy atom. The highest BCUT2D eigenvalue weighted by Gasteiger charge is 2.14. The molecule has 1 unspecified atom stereocenters. The molecule has 1 rings (SSSR count). The number of allylic oxidation sites excluding steroid dienone is 2. The zero-order chi connectivity index (χ0) is 19.5. The summed E-state index contributed by atoms with van der Waals surface area (Å²) in [5, 5.41) is 65.4. The van der Waals surface area contributed by atoms with Crippen LogP contribution in [-0.2, 0) is 13.2 Å². The van der Waals surface area contributed by atoms with E-state index in [9.17, 15) is 25.5 Å². The zero-order valence-electron chi connectivity index (χ0n) is 14.4. The van der Waals surface area contributed by atoms with Crippen molar-refractivity contribution in [1.29, 1.82) is 0 Å². The topological polar surface area (TPSA) is 142 Å². The van der Waals surface area contributed by atoms with Gasteiger partial charge in [0.05, 0.1) is 39.3 Å². The lowest BCUT2D eigenvalue weighted by atomic mass is 9.90. The van der Waals surface area contributed by atoms with Gasteiger partial charge in [0.25, 0.3) is 0 Å². The second-order valence-electron chi connectivity index (χ2n) is 5.75. The van der Waals surface area contributed by atoms with Crippen LogP contribution in [0.2, 0.25) is 0 Å². The van der Waals surface area contributed by atoms with Crippen LogP contribution in [0.15, 0.2) is 47.8 Å². The highest BCUT2D eigenvalue weighted by atomic mass is 16.3. The van der Waals surface area contributed by atoms with Crippen LogP contribution in [0.3, 0.4) is 0 Å². The number of benzene rings is 1. The average molecular weight is 366 g/mol. The Morgan fingerprint density at radius 1 is 0.923 bits per heavy atom. The van der Waals surface area contributed by atoms with Crippen LogP contribution in [0.5, 0.6) is 5.75 Å².